The van der Waals surface area contributed by atoms with Gasteiger partial charge in [-0.3, -0.25) is 19.3 Å². The fourth-order valence-corrected chi connectivity index (χ4v) is 3.82. The van der Waals surface area contributed by atoms with Gasteiger partial charge in [-0.05, 0) is 17.7 Å². The predicted octanol–water partition coefficient (Wildman–Crippen LogP) is 3.55. The molecule has 0 aliphatic carbocycles. The number of benzene rings is 1. The lowest BCUT2D eigenvalue weighted by atomic mass is 10.2. The molecule has 0 fully saturated rings. The number of thiazole rings is 1. The molecule has 0 aliphatic rings. The monoisotopic (exact) mass is 414 g/mol. The summed E-state index contributed by atoms with van der Waals surface area (Å²) in [6.07, 6.45) is 7.27. The van der Waals surface area contributed by atoms with Gasteiger partial charge in [0.15, 0.2) is 5.65 Å². The van der Waals surface area contributed by atoms with Crippen molar-refractivity contribution in [3.63, 3.8) is 0 Å². The van der Waals surface area contributed by atoms with Crippen LogP contribution in [0.5, 0.6) is 0 Å². The summed E-state index contributed by atoms with van der Waals surface area (Å²) in [7, 11) is 0. The molecule has 0 N–H and O–H groups in total. The van der Waals surface area contributed by atoms with Gasteiger partial charge in [0.05, 0.1) is 11.2 Å². The van der Waals surface area contributed by atoms with Crippen LogP contribution in [0.25, 0.3) is 5.65 Å². The van der Waals surface area contributed by atoms with E-state index >= 15 is 0 Å². The average molecular weight is 415 g/mol. The molecule has 0 bridgehead atoms. The van der Waals surface area contributed by atoms with Crippen molar-refractivity contribution < 1.29 is 0 Å². The van der Waals surface area contributed by atoms with Crippen molar-refractivity contribution in [1.82, 2.24) is 29.5 Å². The summed E-state index contributed by atoms with van der Waals surface area (Å²) in [6.45, 7) is 2.32. The Labute approximate surface area is 157 Å². The maximum atomic E-state index is 4.52. The molecule has 8 heteroatoms. The van der Waals surface area contributed by atoms with Gasteiger partial charge in [0.2, 0.25) is 0 Å². The first-order chi connectivity index (χ1) is 12.3. The van der Waals surface area contributed by atoms with E-state index in [4.69, 9.17) is 0 Å². The number of rotatable bonds is 6. The number of hydrogen-bond donors (Lipinski definition) is 0. The molecule has 3 heterocycles. The smallest absolute Gasteiger partial charge is 0.183 e. The molecule has 0 amide bonds. The van der Waals surface area contributed by atoms with Crippen LogP contribution in [0.15, 0.2) is 59.2 Å². The molecule has 0 aliphatic heterocycles. The first kappa shape index (κ1) is 16.3. The van der Waals surface area contributed by atoms with E-state index in [1.165, 1.54) is 10.4 Å². The van der Waals surface area contributed by atoms with Gasteiger partial charge in [-0.2, -0.15) is 0 Å². The lowest BCUT2D eigenvalue weighted by Crippen LogP contribution is -2.23. The van der Waals surface area contributed by atoms with E-state index in [0.717, 1.165) is 28.9 Å². The van der Waals surface area contributed by atoms with Crippen LogP contribution in [0.4, 0.5) is 0 Å². The summed E-state index contributed by atoms with van der Waals surface area (Å²) in [5.41, 5.74) is 4.82. The second-order valence-corrected chi connectivity index (χ2v) is 7.57. The van der Waals surface area contributed by atoms with E-state index < -0.39 is 0 Å². The molecule has 25 heavy (non-hydrogen) atoms. The molecule has 4 aromatic rings. The minimum Gasteiger partial charge on any atom is -0.288 e. The maximum absolute atomic E-state index is 4.52. The molecule has 0 radical (unpaired) electrons. The van der Waals surface area contributed by atoms with Crippen molar-refractivity contribution in [3.05, 3.63) is 75.3 Å². The van der Waals surface area contributed by atoms with E-state index in [2.05, 4.69) is 59.2 Å². The highest BCUT2D eigenvalue weighted by atomic mass is 79.9. The number of nitrogens with zero attached hydrogens (tertiary/aromatic N) is 6. The Morgan fingerprint density at radius 1 is 1.20 bits per heavy atom. The fraction of sp³-hybridized carbons (Fsp3) is 0.176. The lowest BCUT2D eigenvalue weighted by Gasteiger charge is -2.21. The molecule has 3 aromatic heterocycles. The number of hydrogen-bond acceptors (Lipinski definition) is 6. The zero-order valence-corrected chi connectivity index (χ0v) is 15.7. The summed E-state index contributed by atoms with van der Waals surface area (Å²) in [4.78, 5) is 12.3. The summed E-state index contributed by atoms with van der Waals surface area (Å²) >= 11 is 5.21. The van der Waals surface area contributed by atoms with Gasteiger partial charge in [-0.1, -0.05) is 28.1 Å². The molecule has 0 spiro atoms. The zero-order valence-electron chi connectivity index (χ0n) is 13.3. The van der Waals surface area contributed by atoms with Gasteiger partial charge in [-0.25, -0.2) is 0 Å². The van der Waals surface area contributed by atoms with Crippen molar-refractivity contribution in [2.24, 2.45) is 0 Å². The first-order valence-electron chi connectivity index (χ1n) is 7.75. The third-order valence-corrected chi connectivity index (χ3v) is 5.08. The Kier molecular flexibility index (Phi) is 4.82. The van der Waals surface area contributed by atoms with Crippen LogP contribution in [0.3, 0.4) is 0 Å². The van der Waals surface area contributed by atoms with Gasteiger partial charge in [0.1, 0.15) is 6.33 Å². The zero-order chi connectivity index (χ0) is 17.1. The van der Waals surface area contributed by atoms with Crippen LogP contribution in [0, 0.1) is 0 Å². The van der Waals surface area contributed by atoms with Crippen molar-refractivity contribution in [2.75, 3.05) is 0 Å². The van der Waals surface area contributed by atoms with E-state index in [0.29, 0.717) is 6.54 Å². The maximum Gasteiger partial charge on any atom is 0.183 e. The lowest BCUT2D eigenvalue weighted by molar-refractivity contribution is 0.247. The van der Waals surface area contributed by atoms with Gasteiger partial charge < -0.3 is 0 Å². The van der Waals surface area contributed by atoms with E-state index in [1.807, 2.05) is 28.4 Å². The summed E-state index contributed by atoms with van der Waals surface area (Å²) in [5.74, 6) is 0. The molecular formula is C17H15BrN6S. The van der Waals surface area contributed by atoms with E-state index in [-0.39, 0.29) is 0 Å². The Morgan fingerprint density at radius 2 is 2.16 bits per heavy atom. The molecule has 0 saturated heterocycles. The van der Waals surface area contributed by atoms with Crippen molar-refractivity contribution >= 4 is 32.9 Å². The Morgan fingerprint density at radius 3 is 3.00 bits per heavy atom. The van der Waals surface area contributed by atoms with E-state index in [9.17, 15) is 0 Å². The number of fused-ring (bicyclic) bond motifs is 1. The number of halogens is 1. The fourth-order valence-electron chi connectivity index (χ4n) is 2.74. The van der Waals surface area contributed by atoms with Crippen LogP contribution < -0.4 is 0 Å². The second-order valence-electron chi connectivity index (χ2n) is 5.68. The highest BCUT2D eigenvalue weighted by molar-refractivity contribution is 9.10. The van der Waals surface area contributed by atoms with Crippen molar-refractivity contribution in [2.45, 2.75) is 19.6 Å². The van der Waals surface area contributed by atoms with Crippen molar-refractivity contribution in [3.8, 4) is 0 Å². The molecule has 1 aromatic carbocycles. The largest absolute Gasteiger partial charge is 0.288 e. The molecule has 0 atom stereocenters. The van der Waals surface area contributed by atoms with Crippen LogP contribution in [0.1, 0.15) is 16.1 Å². The average Bonchev–Trinajstić information content (AvgIpc) is 3.26. The minimum atomic E-state index is 0.688. The summed E-state index contributed by atoms with van der Waals surface area (Å²) in [5, 5.41) is 8.18. The third kappa shape index (κ3) is 3.92. The Balaban J connectivity index is 1.61. The minimum absolute atomic E-state index is 0.688. The molecule has 4 rings (SSSR count). The summed E-state index contributed by atoms with van der Waals surface area (Å²) in [6, 6.07) is 8.37. The van der Waals surface area contributed by atoms with Crippen molar-refractivity contribution in [1.29, 1.82) is 0 Å². The Hall–Kier alpha value is -2.16. The topological polar surface area (TPSA) is 59.2 Å². The van der Waals surface area contributed by atoms with Crippen LogP contribution >= 0.6 is 27.3 Å². The van der Waals surface area contributed by atoms with Gasteiger partial charge >= 0.3 is 0 Å². The molecule has 0 saturated carbocycles. The van der Waals surface area contributed by atoms with Gasteiger partial charge in [-0.15, -0.1) is 21.5 Å². The van der Waals surface area contributed by atoms with Crippen LogP contribution in [-0.4, -0.2) is 29.5 Å². The SMILES string of the molecule is Brc1cccc(CN(Cc2cncs2)Cc2nccn3cnnc23)c1. The molecule has 0 unspecified atom stereocenters. The second kappa shape index (κ2) is 7.38. The molecule has 6 nitrogen and oxygen atoms in total. The highest BCUT2D eigenvalue weighted by Crippen LogP contribution is 2.19. The highest BCUT2D eigenvalue weighted by Gasteiger charge is 2.13. The number of aromatic nitrogens is 5. The molecule has 126 valence electrons. The van der Waals surface area contributed by atoms with Gasteiger partial charge in [0, 0.05) is 47.6 Å². The van der Waals surface area contributed by atoms with Crippen LogP contribution in [-0.2, 0) is 19.6 Å². The predicted molar refractivity (Wildman–Crippen MR) is 100.0 cm³/mol. The normalized spacial score (nSPS) is 11.4. The summed E-state index contributed by atoms with van der Waals surface area (Å²) < 4.78 is 2.98. The quantitative estimate of drug-likeness (QED) is 0.482. The first-order valence-corrected chi connectivity index (χ1v) is 9.42. The van der Waals surface area contributed by atoms with E-state index in [1.54, 1.807) is 23.9 Å². The molecular weight excluding hydrogens is 400 g/mol. The third-order valence-electron chi connectivity index (χ3n) is 3.82. The standard InChI is InChI=1S/C17H15BrN6S/c18-14-3-1-2-13(6-14)8-23(9-15-7-19-12-25-15)10-16-17-22-21-11-24(17)5-4-20-16/h1-7,11-12H,8-10H2. The van der Waals surface area contributed by atoms with Gasteiger partial charge in [0.25, 0.3) is 0 Å². The van der Waals surface area contributed by atoms with Crippen LogP contribution in [0.2, 0.25) is 0 Å². The Bertz CT molecular complexity index is 968.